The molecular weight excluding hydrogens is 394 g/mol. The molecule has 29 heavy (non-hydrogen) atoms. The van der Waals surface area contributed by atoms with Gasteiger partial charge in [-0.25, -0.2) is 12.7 Å². The molecule has 1 saturated heterocycles. The molecule has 1 aliphatic heterocycles. The van der Waals surface area contributed by atoms with Gasteiger partial charge < -0.3 is 14.7 Å². The van der Waals surface area contributed by atoms with Crippen LogP contribution in [0.15, 0.2) is 33.7 Å². The summed E-state index contributed by atoms with van der Waals surface area (Å²) in [5.41, 5.74) is 0.563. The predicted molar refractivity (Wildman–Crippen MR) is 108 cm³/mol. The number of hydrogen-bond acceptors (Lipinski definition) is 7. The number of rotatable bonds is 7. The smallest absolute Gasteiger partial charge is 0.316 e. The molecule has 158 valence electrons. The van der Waals surface area contributed by atoms with E-state index in [2.05, 4.69) is 27.3 Å². The summed E-state index contributed by atoms with van der Waals surface area (Å²) in [7, 11) is -0.563. The molecule has 3 rings (SSSR count). The van der Waals surface area contributed by atoms with E-state index in [0.29, 0.717) is 12.1 Å². The zero-order valence-corrected chi connectivity index (χ0v) is 17.8. The van der Waals surface area contributed by atoms with Gasteiger partial charge in [0, 0.05) is 32.7 Å². The van der Waals surface area contributed by atoms with Crippen LogP contribution >= 0.6 is 0 Å². The summed E-state index contributed by atoms with van der Waals surface area (Å²) in [5.74, 6) is 0.474. The van der Waals surface area contributed by atoms with E-state index in [4.69, 9.17) is 4.52 Å². The molecule has 2 heterocycles. The van der Waals surface area contributed by atoms with Gasteiger partial charge in [0.05, 0.1) is 4.90 Å². The maximum atomic E-state index is 12.2. The molecule has 0 radical (unpaired) electrons. The van der Waals surface area contributed by atoms with Crippen molar-refractivity contribution in [1.82, 2.24) is 24.7 Å². The number of piperidine rings is 1. The van der Waals surface area contributed by atoms with Crippen molar-refractivity contribution in [2.75, 3.05) is 40.3 Å². The Bertz CT molecular complexity index is 932. The number of nitrogens with zero attached hydrogens (tertiary/aromatic N) is 4. The molecule has 0 bridgehead atoms. The van der Waals surface area contributed by atoms with E-state index >= 15 is 0 Å². The third-order valence-corrected chi connectivity index (χ3v) is 6.93. The van der Waals surface area contributed by atoms with Crippen LogP contribution in [0.4, 0.5) is 0 Å². The van der Waals surface area contributed by atoms with Gasteiger partial charge in [-0.05, 0) is 56.1 Å². The molecule has 1 amide bonds. The van der Waals surface area contributed by atoms with E-state index in [0.717, 1.165) is 29.9 Å². The van der Waals surface area contributed by atoms with Gasteiger partial charge in [0.25, 0.3) is 0 Å². The first kappa shape index (κ1) is 21.4. The highest BCUT2D eigenvalue weighted by atomic mass is 32.2. The van der Waals surface area contributed by atoms with Gasteiger partial charge in [0.2, 0.25) is 15.8 Å². The summed E-state index contributed by atoms with van der Waals surface area (Å²) in [6, 6.07) is 6.11. The van der Waals surface area contributed by atoms with E-state index in [-0.39, 0.29) is 16.6 Å². The third kappa shape index (κ3) is 5.20. The number of hydrogen-bond donors (Lipinski definition) is 1. The lowest BCUT2D eigenvalue weighted by Crippen LogP contribution is -2.39. The molecule has 10 heteroatoms. The number of sulfonamides is 1. The zero-order chi connectivity index (χ0) is 21.0. The van der Waals surface area contributed by atoms with E-state index in [9.17, 15) is 13.2 Å². The number of amides is 1. The third-order valence-electron chi connectivity index (χ3n) is 5.10. The number of carbonyl (C=O) groups is 1. The SMILES string of the molecule is CC1CCN(CCNC(=O)c2nc(-c3ccc(S(=O)(=O)N(C)C)cc3)no2)CC1. The summed E-state index contributed by atoms with van der Waals surface area (Å²) in [5, 5.41) is 6.63. The van der Waals surface area contributed by atoms with Crippen molar-refractivity contribution in [1.29, 1.82) is 0 Å². The number of nitrogens with one attached hydrogen (secondary N) is 1. The Labute approximate surface area is 171 Å². The van der Waals surface area contributed by atoms with Crippen LogP contribution in [0.3, 0.4) is 0 Å². The maximum absolute atomic E-state index is 12.2. The Morgan fingerprint density at radius 1 is 1.24 bits per heavy atom. The Morgan fingerprint density at radius 3 is 2.52 bits per heavy atom. The molecule has 0 saturated carbocycles. The van der Waals surface area contributed by atoms with Crippen molar-refractivity contribution < 1.29 is 17.7 Å². The Kier molecular flexibility index (Phi) is 6.66. The lowest BCUT2D eigenvalue weighted by molar-refractivity contribution is 0.0901. The minimum absolute atomic E-state index is 0.114. The molecule has 1 aliphatic rings. The van der Waals surface area contributed by atoms with Gasteiger partial charge in [-0.3, -0.25) is 4.79 Å². The summed E-state index contributed by atoms with van der Waals surface area (Å²) >= 11 is 0. The predicted octanol–water partition coefficient (Wildman–Crippen LogP) is 1.45. The van der Waals surface area contributed by atoms with E-state index < -0.39 is 15.9 Å². The lowest BCUT2D eigenvalue weighted by Gasteiger charge is -2.29. The molecule has 1 fully saturated rings. The molecule has 9 nitrogen and oxygen atoms in total. The van der Waals surface area contributed by atoms with Crippen LogP contribution in [0.1, 0.15) is 30.5 Å². The second-order valence-electron chi connectivity index (χ2n) is 7.52. The average molecular weight is 422 g/mol. The van der Waals surface area contributed by atoms with Crippen LogP contribution in [-0.4, -0.2) is 73.9 Å². The minimum Gasteiger partial charge on any atom is -0.347 e. The van der Waals surface area contributed by atoms with Crippen molar-refractivity contribution >= 4 is 15.9 Å². The molecule has 0 aliphatic carbocycles. The standard InChI is InChI=1S/C19H27N5O4S/c1-14-8-11-24(12-9-14)13-10-20-18(25)19-21-17(22-28-19)15-4-6-16(7-5-15)29(26,27)23(2)3/h4-7,14H,8-13H2,1-3H3,(H,20,25). The van der Waals surface area contributed by atoms with Crippen LogP contribution < -0.4 is 5.32 Å². The van der Waals surface area contributed by atoms with Crippen molar-refractivity contribution in [3.05, 3.63) is 30.2 Å². The van der Waals surface area contributed by atoms with Gasteiger partial charge in [0.15, 0.2) is 0 Å². The largest absolute Gasteiger partial charge is 0.347 e. The Morgan fingerprint density at radius 2 is 1.90 bits per heavy atom. The number of carbonyl (C=O) groups excluding carboxylic acids is 1. The summed E-state index contributed by atoms with van der Waals surface area (Å²) < 4.78 is 30.4. The highest BCUT2D eigenvalue weighted by molar-refractivity contribution is 7.89. The van der Waals surface area contributed by atoms with Gasteiger partial charge in [0.1, 0.15) is 0 Å². The fraction of sp³-hybridized carbons (Fsp3) is 0.526. The Balaban J connectivity index is 1.56. The molecule has 0 spiro atoms. The van der Waals surface area contributed by atoms with Crippen LogP contribution in [-0.2, 0) is 10.0 Å². The number of aromatic nitrogens is 2. The van der Waals surface area contributed by atoms with Crippen molar-refractivity contribution in [2.45, 2.75) is 24.7 Å². The van der Waals surface area contributed by atoms with E-state index in [1.54, 1.807) is 12.1 Å². The van der Waals surface area contributed by atoms with E-state index in [1.165, 1.54) is 39.1 Å². The lowest BCUT2D eigenvalue weighted by atomic mass is 9.99. The fourth-order valence-corrected chi connectivity index (χ4v) is 4.01. The fourth-order valence-electron chi connectivity index (χ4n) is 3.11. The number of benzene rings is 1. The topological polar surface area (TPSA) is 109 Å². The monoisotopic (exact) mass is 421 g/mol. The molecule has 1 aromatic carbocycles. The van der Waals surface area contributed by atoms with Crippen LogP contribution in [0.5, 0.6) is 0 Å². The molecule has 2 aromatic rings. The first-order chi connectivity index (χ1) is 13.8. The summed E-state index contributed by atoms with van der Waals surface area (Å²) in [6.45, 7) is 5.69. The first-order valence-electron chi connectivity index (χ1n) is 9.64. The minimum atomic E-state index is -3.51. The van der Waals surface area contributed by atoms with Crippen LogP contribution in [0, 0.1) is 5.92 Å². The molecule has 1 aromatic heterocycles. The second-order valence-corrected chi connectivity index (χ2v) is 9.67. The average Bonchev–Trinajstić information content (AvgIpc) is 3.20. The quantitative estimate of drug-likeness (QED) is 0.721. The van der Waals surface area contributed by atoms with E-state index in [1.807, 2.05) is 0 Å². The zero-order valence-electron chi connectivity index (χ0n) is 17.0. The second kappa shape index (κ2) is 9.02. The van der Waals surface area contributed by atoms with Crippen LogP contribution in [0.2, 0.25) is 0 Å². The Hall–Kier alpha value is -2.30. The van der Waals surface area contributed by atoms with Crippen molar-refractivity contribution in [3.8, 4) is 11.4 Å². The molecule has 0 unspecified atom stereocenters. The van der Waals surface area contributed by atoms with Gasteiger partial charge in [-0.15, -0.1) is 0 Å². The highest BCUT2D eigenvalue weighted by Gasteiger charge is 2.20. The first-order valence-corrected chi connectivity index (χ1v) is 11.1. The maximum Gasteiger partial charge on any atom is 0.316 e. The molecule has 1 N–H and O–H groups in total. The molecule has 0 atom stereocenters. The van der Waals surface area contributed by atoms with Crippen molar-refractivity contribution in [2.24, 2.45) is 5.92 Å². The van der Waals surface area contributed by atoms with Crippen LogP contribution in [0.25, 0.3) is 11.4 Å². The summed E-state index contributed by atoms with van der Waals surface area (Å²) in [4.78, 5) is 18.9. The molecular formula is C19H27N5O4S. The number of likely N-dealkylation sites (tertiary alicyclic amines) is 1. The van der Waals surface area contributed by atoms with Gasteiger partial charge in [-0.1, -0.05) is 12.1 Å². The summed E-state index contributed by atoms with van der Waals surface area (Å²) in [6.07, 6.45) is 2.38. The normalized spacial score (nSPS) is 16.3. The highest BCUT2D eigenvalue weighted by Crippen LogP contribution is 2.20. The van der Waals surface area contributed by atoms with Crippen molar-refractivity contribution in [3.63, 3.8) is 0 Å². The van der Waals surface area contributed by atoms with Gasteiger partial charge in [-0.2, -0.15) is 4.98 Å². The van der Waals surface area contributed by atoms with Gasteiger partial charge >= 0.3 is 11.8 Å².